The number of hydrogen-bond acceptors (Lipinski definition) is 3. The van der Waals surface area contributed by atoms with E-state index in [1.165, 1.54) is 50.6 Å². The molecule has 110 valence electrons. The summed E-state index contributed by atoms with van der Waals surface area (Å²) in [4.78, 5) is 0. The first-order chi connectivity index (χ1) is 9.83. The van der Waals surface area contributed by atoms with Crippen molar-refractivity contribution < 1.29 is 0 Å². The molecule has 4 rings (SSSR count). The van der Waals surface area contributed by atoms with E-state index in [0.717, 1.165) is 24.2 Å². The Labute approximate surface area is 121 Å². The lowest BCUT2D eigenvalue weighted by Gasteiger charge is -2.23. The van der Waals surface area contributed by atoms with Crippen LogP contribution in [-0.4, -0.2) is 15.8 Å². The molecule has 3 N–H and O–H groups in total. The predicted octanol–water partition coefficient (Wildman–Crippen LogP) is 2.42. The predicted molar refractivity (Wildman–Crippen MR) is 78.9 cm³/mol. The van der Waals surface area contributed by atoms with Gasteiger partial charge in [-0.2, -0.15) is 5.10 Å². The quantitative estimate of drug-likeness (QED) is 0.640. The number of nitrogens with one attached hydrogen (secondary N) is 1. The Morgan fingerprint density at radius 1 is 1.25 bits per heavy atom. The minimum atomic E-state index is 0.412. The summed E-state index contributed by atoms with van der Waals surface area (Å²) in [7, 11) is 0. The summed E-state index contributed by atoms with van der Waals surface area (Å²) in [6.45, 7) is 0. The summed E-state index contributed by atoms with van der Waals surface area (Å²) < 4.78 is 2.20. The third-order valence-electron chi connectivity index (χ3n) is 5.85. The molecule has 0 bridgehead atoms. The van der Waals surface area contributed by atoms with Crippen molar-refractivity contribution in [1.29, 1.82) is 0 Å². The van der Waals surface area contributed by atoms with E-state index in [2.05, 4.69) is 22.4 Å². The van der Waals surface area contributed by atoms with Gasteiger partial charge in [0.25, 0.3) is 0 Å². The maximum Gasteiger partial charge on any atom is 0.0640 e. The molecule has 3 aliphatic carbocycles. The van der Waals surface area contributed by atoms with Gasteiger partial charge >= 0.3 is 0 Å². The zero-order valence-corrected chi connectivity index (χ0v) is 12.2. The fourth-order valence-electron chi connectivity index (χ4n) is 4.54. The van der Waals surface area contributed by atoms with Crippen LogP contribution in [0.15, 0.2) is 12.3 Å². The van der Waals surface area contributed by atoms with Crippen molar-refractivity contribution in [3.63, 3.8) is 0 Å². The highest BCUT2D eigenvalue weighted by Gasteiger charge is 2.47. The Morgan fingerprint density at radius 3 is 2.70 bits per heavy atom. The molecular formula is C16H26N4. The number of fused-ring (bicyclic) bond motifs is 1. The number of nitrogens with two attached hydrogens (primary N) is 1. The van der Waals surface area contributed by atoms with Crippen LogP contribution in [0.1, 0.15) is 56.7 Å². The van der Waals surface area contributed by atoms with E-state index >= 15 is 0 Å². The molecule has 3 saturated carbocycles. The molecule has 3 aliphatic rings. The fraction of sp³-hybridized carbons (Fsp3) is 0.812. The van der Waals surface area contributed by atoms with Crippen molar-refractivity contribution in [3.05, 3.63) is 18.0 Å². The summed E-state index contributed by atoms with van der Waals surface area (Å²) in [5, 5.41) is 4.80. The summed E-state index contributed by atoms with van der Waals surface area (Å²) in [6.07, 6.45) is 12.7. The molecule has 0 spiro atoms. The van der Waals surface area contributed by atoms with Crippen LogP contribution in [0.2, 0.25) is 0 Å². The molecule has 0 radical (unpaired) electrons. The van der Waals surface area contributed by atoms with E-state index in [-0.39, 0.29) is 0 Å². The van der Waals surface area contributed by atoms with Crippen LogP contribution >= 0.6 is 0 Å². The van der Waals surface area contributed by atoms with Gasteiger partial charge in [0.1, 0.15) is 0 Å². The number of rotatable bonds is 5. The third-order valence-corrected chi connectivity index (χ3v) is 5.85. The van der Waals surface area contributed by atoms with Crippen molar-refractivity contribution in [1.82, 2.24) is 15.2 Å². The zero-order chi connectivity index (χ0) is 13.5. The standard InChI is InChI=1S/C16H26N4/c17-18-16(13-8-11-7-12(11)9-13)10-14-5-6-20(19-14)15-3-1-2-4-15/h5-6,11-13,15-16,18H,1-4,7-10,17H2. The van der Waals surface area contributed by atoms with E-state index in [4.69, 9.17) is 10.9 Å². The highest BCUT2D eigenvalue weighted by Crippen LogP contribution is 2.55. The fourth-order valence-corrected chi connectivity index (χ4v) is 4.54. The molecule has 3 fully saturated rings. The van der Waals surface area contributed by atoms with Crippen LogP contribution in [0, 0.1) is 17.8 Å². The molecule has 20 heavy (non-hydrogen) atoms. The van der Waals surface area contributed by atoms with Gasteiger partial charge < -0.3 is 0 Å². The summed E-state index contributed by atoms with van der Waals surface area (Å²) in [5.41, 5.74) is 4.27. The second-order valence-electron chi connectivity index (χ2n) is 7.19. The third kappa shape index (κ3) is 2.40. The van der Waals surface area contributed by atoms with Gasteiger partial charge in [0, 0.05) is 18.7 Å². The van der Waals surface area contributed by atoms with Crippen LogP contribution in [0.4, 0.5) is 0 Å². The average Bonchev–Trinajstić information content (AvgIpc) is 2.96. The topological polar surface area (TPSA) is 55.9 Å². The molecule has 0 amide bonds. The molecule has 4 heteroatoms. The van der Waals surface area contributed by atoms with E-state index in [9.17, 15) is 0 Å². The number of aromatic nitrogens is 2. The maximum absolute atomic E-state index is 5.81. The second kappa shape index (κ2) is 5.15. The number of nitrogens with zero attached hydrogens (tertiary/aromatic N) is 2. The lowest BCUT2D eigenvalue weighted by molar-refractivity contribution is 0.332. The first-order valence-corrected chi connectivity index (χ1v) is 8.33. The molecule has 1 aromatic heterocycles. The molecule has 3 unspecified atom stereocenters. The molecule has 3 atom stereocenters. The molecule has 1 aromatic rings. The molecule has 0 aliphatic heterocycles. The van der Waals surface area contributed by atoms with Crippen molar-refractivity contribution in [3.8, 4) is 0 Å². The highest BCUT2D eigenvalue weighted by molar-refractivity contribution is 5.06. The van der Waals surface area contributed by atoms with Gasteiger partial charge in [0.2, 0.25) is 0 Å². The second-order valence-corrected chi connectivity index (χ2v) is 7.19. The van der Waals surface area contributed by atoms with Gasteiger partial charge in [-0.05, 0) is 55.9 Å². The van der Waals surface area contributed by atoms with Crippen LogP contribution in [0.3, 0.4) is 0 Å². The lowest BCUT2D eigenvalue weighted by atomic mass is 9.92. The van der Waals surface area contributed by atoms with Crippen molar-refractivity contribution in [2.45, 2.75) is 63.5 Å². The van der Waals surface area contributed by atoms with Crippen LogP contribution in [0.5, 0.6) is 0 Å². The van der Waals surface area contributed by atoms with Crippen LogP contribution in [0.25, 0.3) is 0 Å². The first kappa shape index (κ1) is 12.8. The summed E-state index contributed by atoms with van der Waals surface area (Å²) >= 11 is 0. The Balaban J connectivity index is 1.39. The average molecular weight is 274 g/mol. The molecule has 1 heterocycles. The molecule has 4 nitrogen and oxygen atoms in total. The van der Waals surface area contributed by atoms with Crippen molar-refractivity contribution in [2.24, 2.45) is 23.6 Å². The summed E-state index contributed by atoms with van der Waals surface area (Å²) in [5.74, 6) is 8.61. The molecule has 0 saturated heterocycles. The van der Waals surface area contributed by atoms with Gasteiger partial charge in [0.15, 0.2) is 0 Å². The normalized spacial score (nSPS) is 34.4. The van der Waals surface area contributed by atoms with Crippen molar-refractivity contribution >= 4 is 0 Å². The summed E-state index contributed by atoms with van der Waals surface area (Å²) in [6, 6.07) is 3.25. The van der Waals surface area contributed by atoms with Crippen molar-refractivity contribution in [2.75, 3.05) is 0 Å². The monoisotopic (exact) mass is 274 g/mol. The van der Waals surface area contributed by atoms with Gasteiger partial charge in [0.05, 0.1) is 11.7 Å². The minimum Gasteiger partial charge on any atom is -0.271 e. The van der Waals surface area contributed by atoms with E-state index in [1.807, 2.05) is 0 Å². The maximum atomic E-state index is 5.81. The highest BCUT2D eigenvalue weighted by atomic mass is 15.3. The Bertz CT molecular complexity index is 453. The van der Waals surface area contributed by atoms with Gasteiger partial charge in [-0.3, -0.25) is 16.0 Å². The lowest BCUT2D eigenvalue weighted by Crippen LogP contribution is -2.42. The smallest absolute Gasteiger partial charge is 0.0640 e. The molecular weight excluding hydrogens is 248 g/mol. The van der Waals surface area contributed by atoms with Crippen LogP contribution < -0.4 is 11.3 Å². The van der Waals surface area contributed by atoms with Gasteiger partial charge in [-0.1, -0.05) is 12.8 Å². The Kier molecular flexibility index (Phi) is 3.31. The number of hydrazine groups is 1. The molecule has 0 aromatic carbocycles. The van der Waals surface area contributed by atoms with Gasteiger partial charge in [-0.15, -0.1) is 0 Å². The SMILES string of the molecule is NNC(Cc1ccn(C2CCCC2)n1)C1CC2CC2C1. The first-order valence-electron chi connectivity index (χ1n) is 8.33. The van der Waals surface area contributed by atoms with Crippen LogP contribution in [-0.2, 0) is 6.42 Å². The Morgan fingerprint density at radius 2 is 2.00 bits per heavy atom. The zero-order valence-electron chi connectivity index (χ0n) is 12.2. The minimum absolute atomic E-state index is 0.412. The number of hydrogen-bond donors (Lipinski definition) is 2. The van der Waals surface area contributed by atoms with Gasteiger partial charge in [-0.25, -0.2) is 0 Å². The van der Waals surface area contributed by atoms with E-state index in [1.54, 1.807) is 0 Å². The largest absolute Gasteiger partial charge is 0.271 e. The Hall–Kier alpha value is -0.870. The van der Waals surface area contributed by atoms with E-state index < -0.39 is 0 Å². The van der Waals surface area contributed by atoms with E-state index in [0.29, 0.717) is 12.1 Å².